The molecule has 0 spiro atoms. The summed E-state index contributed by atoms with van der Waals surface area (Å²) >= 11 is 8.34. The minimum Gasteiger partial charge on any atom is -0.468 e. The first kappa shape index (κ1) is 17.4. The van der Waals surface area contributed by atoms with E-state index < -0.39 is 11.9 Å². The van der Waals surface area contributed by atoms with Crippen molar-refractivity contribution < 1.29 is 19.1 Å². The maximum Gasteiger partial charge on any atom is 0.325 e. The van der Waals surface area contributed by atoms with Crippen molar-refractivity contribution in [2.24, 2.45) is 5.73 Å². The summed E-state index contributed by atoms with van der Waals surface area (Å²) in [5.74, 6) is -0.986. The molecule has 1 rings (SSSR count). The number of nitrogens with zero attached hydrogens (tertiary/aromatic N) is 1. The van der Waals surface area contributed by atoms with E-state index in [1.807, 2.05) is 0 Å². The molecule has 0 aliphatic carbocycles. The van der Waals surface area contributed by atoms with Crippen molar-refractivity contribution in [2.45, 2.75) is 0 Å². The van der Waals surface area contributed by atoms with Gasteiger partial charge >= 0.3 is 11.9 Å². The van der Waals surface area contributed by atoms with E-state index in [0.717, 1.165) is 4.47 Å². The van der Waals surface area contributed by atoms with Crippen LogP contribution < -0.4 is 10.6 Å². The van der Waals surface area contributed by atoms with Gasteiger partial charge in [-0.2, -0.15) is 0 Å². The first-order valence-corrected chi connectivity index (χ1v) is 7.07. The number of benzene rings is 1. The van der Waals surface area contributed by atoms with Crippen LogP contribution in [0.5, 0.6) is 0 Å². The second-order valence-electron chi connectivity index (χ2n) is 4.03. The summed E-state index contributed by atoms with van der Waals surface area (Å²) in [5, 5.41) is 0. The van der Waals surface area contributed by atoms with Gasteiger partial charge < -0.3 is 20.1 Å². The zero-order chi connectivity index (χ0) is 16.0. The van der Waals surface area contributed by atoms with Gasteiger partial charge in [0.2, 0.25) is 0 Å². The van der Waals surface area contributed by atoms with Gasteiger partial charge in [-0.05, 0) is 18.2 Å². The largest absolute Gasteiger partial charge is 0.468 e. The van der Waals surface area contributed by atoms with Crippen LogP contribution in [0.15, 0.2) is 22.7 Å². The number of anilines is 1. The van der Waals surface area contributed by atoms with E-state index in [4.69, 9.17) is 18.0 Å². The van der Waals surface area contributed by atoms with E-state index in [0.29, 0.717) is 11.3 Å². The van der Waals surface area contributed by atoms with Gasteiger partial charge in [0.25, 0.3) is 0 Å². The number of hydrogen-bond acceptors (Lipinski definition) is 6. The molecular formula is C13H15BrN2O4S. The molecule has 8 heteroatoms. The number of carbonyl (C=O) groups is 2. The first-order chi connectivity index (χ1) is 9.88. The predicted octanol–water partition coefficient (Wildman–Crippen LogP) is 1.24. The van der Waals surface area contributed by atoms with E-state index in [-0.39, 0.29) is 18.1 Å². The van der Waals surface area contributed by atoms with Crippen LogP contribution in [0.3, 0.4) is 0 Å². The Morgan fingerprint density at radius 3 is 2.19 bits per heavy atom. The molecule has 0 bridgehead atoms. The maximum absolute atomic E-state index is 11.5. The van der Waals surface area contributed by atoms with E-state index in [1.54, 1.807) is 18.2 Å². The number of rotatable bonds is 6. The number of halogens is 1. The molecule has 0 saturated heterocycles. The summed E-state index contributed by atoms with van der Waals surface area (Å²) in [5.41, 5.74) is 6.79. The number of carbonyl (C=O) groups excluding carboxylic acids is 2. The normalized spacial score (nSPS) is 9.86. The van der Waals surface area contributed by atoms with Crippen LogP contribution >= 0.6 is 28.1 Å². The molecule has 0 unspecified atom stereocenters. The molecule has 0 radical (unpaired) electrons. The SMILES string of the molecule is COC(=O)CN(CC(=O)OC)c1cc(Br)ccc1C(N)=S. The third-order valence-electron chi connectivity index (χ3n) is 2.66. The van der Waals surface area contributed by atoms with Gasteiger partial charge in [-0.3, -0.25) is 9.59 Å². The Balaban J connectivity index is 3.23. The minimum absolute atomic E-state index is 0.127. The highest BCUT2D eigenvalue weighted by molar-refractivity contribution is 9.10. The van der Waals surface area contributed by atoms with Crippen LogP contribution in [0, 0.1) is 0 Å². The van der Waals surface area contributed by atoms with Crippen molar-refractivity contribution in [3.05, 3.63) is 28.2 Å². The van der Waals surface area contributed by atoms with Gasteiger partial charge in [0.15, 0.2) is 0 Å². The quantitative estimate of drug-likeness (QED) is 0.592. The van der Waals surface area contributed by atoms with E-state index in [9.17, 15) is 9.59 Å². The number of thiocarbonyl (C=S) groups is 1. The van der Waals surface area contributed by atoms with Crippen molar-refractivity contribution in [1.82, 2.24) is 0 Å². The minimum atomic E-state index is -0.493. The number of methoxy groups -OCH3 is 2. The molecule has 1 aromatic rings. The van der Waals surface area contributed by atoms with Gasteiger partial charge in [0.05, 0.1) is 14.2 Å². The molecule has 2 N–H and O–H groups in total. The Hall–Kier alpha value is -1.67. The van der Waals surface area contributed by atoms with Crippen molar-refractivity contribution in [3.8, 4) is 0 Å². The highest BCUT2D eigenvalue weighted by Gasteiger charge is 2.20. The second-order valence-corrected chi connectivity index (χ2v) is 5.39. The van der Waals surface area contributed by atoms with E-state index >= 15 is 0 Å². The molecule has 0 aliphatic heterocycles. The Morgan fingerprint density at radius 1 is 1.24 bits per heavy atom. The number of esters is 2. The Bertz CT molecular complexity index is 547. The Labute approximate surface area is 136 Å². The van der Waals surface area contributed by atoms with Crippen molar-refractivity contribution in [3.63, 3.8) is 0 Å². The molecule has 0 saturated carbocycles. The average Bonchev–Trinajstić information content (AvgIpc) is 2.45. The highest BCUT2D eigenvalue weighted by atomic mass is 79.9. The third kappa shape index (κ3) is 4.98. The second kappa shape index (κ2) is 7.94. The summed E-state index contributed by atoms with van der Waals surface area (Å²) in [6.07, 6.45) is 0. The van der Waals surface area contributed by atoms with Crippen molar-refractivity contribution in [2.75, 3.05) is 32.2 Å². The number of ether oxygens (including phenoxy) is 2. The fourth-order valence-corrected chi connectivity index (χ4v) is 2.16. The smallest absolute Gasteiger partial charge is 0.325 e. The van der Waals surface area contributed by atoms with Crippen molar-refractivity contribution >= 4 is 50.8 Å². The highest BCUT2D eigenvalue weighted by Crippen LogP contribution is 2.25. The Kier molecular flexibility index (Phi) is 6.57. The zero-order valence-electron chi connectivity index (χ0n) is 11.6. The van der Waals surface area contributed by atoms with Gasteiger partial charge in [-0.15, -0.1) is 0 Å². The van der Waals surface area contributed by atoms with Crippen molar-refractivity contribution in [1.29, 1.82) is 0 Å². The van der Waals surface area contributed by atoms with E-state index in [2.05, 4.69) is 25.4 Å². The van der Waals surface area contributed by atoms with Gasteiger partial charge in [-0.25, -0.2) is 0 Å². The maximum atomic E-state index is 11.5. The molecule has 0 aliphatic rings. The molecule has 0 aromatic heterocycles. The molecule has 0 atom stereocenters. The standard InChI is InChI=1S/C13H15BrN2O4S/c1-19-11(17)6-16(7-12(18)20-2)10-5-8(14)3-4-9(10)13(15)21/h3-5H,6-7H2,1-2H3,(H2,15,21). The molecule has 0 amide bonds. The van der Waals surface area contributed by atoms with Gasteiger partial charge in [-0.1, -0.05) is 28.1 Å². The number of nitrogens with two attached hydrogens (primary N) is 1. The average molecular weight is 375 g/mol. The predicted molar refractivity (Wildman–Crippen MR) is 86.3 cm³/mol. The van der Waals surface area contributed by atoms with Gasteiger partial charge in [0.1, 0.15) is 18.1 Å². The lowest BCUT2D eigenvalue weighted by Gasteiger charge is -2.24. The molecule has 0 fully saturated rings. The summed E-state index contributed by atoms with van der Waals surface area (Å²) in [6.45, 7) is -0.255. The molecule has 1 aromatic carbocycles. The molecule has 21 heavy (non-hydrogen) atoms. The lowest BCUT2D eigenvalue weighted by Crippen LogP contribution is -2.37. The summed E-state index contributed by atoms with van der Waals surface area (Å²) in [7, 11) is 2.54. The van der Waals surface area contributed by atoms with Gasteiger partial charge in [0, 0.05) is 15.7 Å². The summed E-state index contributed by atoms with van der Waals surface area (Å²) in [6, 6.07) is 5.20. The third-order valence-corrected chi connectivity index (χ3v) is 3.37. The Morgan fingerprint density at radius 2 is 1.76 bits per heavy atom. The van der Waals surface area contributed by atoms with Crippen LogP contribution in [0.1, 0.15) is 5.56 Å². The van der Waals surface area contributed by atoms with Crippen LogP contribution in [-0.2, 0) is 19.1 Å². The van der Waals surface area contributed by atoms with Crippen LogP contribution in [-0.4, -0.2) is 44.2 Å². The van der Waals surface area contributed by atoms with Crippen LogP contribution in [0.2, 0.25) is 0 Å². The molecule has 0 heterocycles. The monoisotopic (exact) mass is 374 g/mol. The molecular weight excluding hydrogens is 360 g/mol. The fraction of sp³-hybridized carbons (Fsp3) is 0.308. The topological polar surface area (TPSA) is 81.9 Å². The number of hydrogen-bond donors (Lipinski definition) is 1. The molecule has 6 nitrogen and oxygen atoms in total. The molecule has 114 valence electrons. The van der Waals surface area contributed by atoms with E-state index in [1.165, 1.54) is 19.1 Å². The van der Waals surface area contributed by atoms with Crippen LogP contribution in [0.4, 0.5) is 5.69 Å². The fourth-order valence-electron chi connectivity index (χ4n) is 1.64. The lowest BCUT2D eigenvalue weighted by molar-refractivity contribution is -0.140. The zero-order valence-corrected chi connectivity index (χ0v) is 14.0. The summed E-state index contributed by atoms with van der Waals surface area (Å²) in [4.78, 5) is 24.7. The van der Waals surface area contributed by atoms with Crippen LogP contribution in [0.25, 0.3) is 0 Å². The summed E-state index contributed by atoms with van der Waals surface area (Å²) < 4.78 is 10.0. The lowest BCUT2D eigenvalue weighted by atomic mass is 10.1. The first-order valence-electron chi connectivity index (χ1n) is 5.87.